The lowest BCUT2D eigenvalue weighted by atomic mass is 9.98. The van der Waals surface area contributed by atoms with Crippen LogP contribution in [0.3, 0.4) is 0 Å². The number of halogens is 1. The number of hydrogen-bond acceptors (Lipinski definition) is 3. The zero-order valence-corrected chi connectivity index (χ0v) is 10.2. The lowest BCUT2D eigenvalue weighted by molar-refractivity contribution is 0.205. The summed E-state index contributed by atoms with van der Waals surface area (Å²) in [6, 6.07) is 3.90. The van der Waals surface area contributed by atoms with Gasteiger partial charge in [0.15, 0.2) is 0 Å². The Bertz CT molecular complexity index is 312. The highest BCUT2D eigenvalue weighted by Gasteiger charge is 2.38. The molecule has 1 saturated carbocycles. The lowest BCUT2D eigenvalue weighted by Gasteiger charge is -2.36. The molecular weight excluding hydrogens is 256 g/mol. The van der Waals surface area contributed by atoms with Crippen LogP contribution in [0, 0.1) is 0 Å². The highest BCUT2D eigenvalue weighted by atomic mass is 79.9. The maximum atomic E-state index is 9.56. The van der Waals surface area contributed by atoms with E-state index in [2.05, 4.69) is 21.1 Å². The average Bonchev–Trinajstić information content (AvgIpc) is 2.79. The first-order valence-electron chi connectivity index (χ1n) is 5.25. The summed E-state index contributed by atoms with van der Waals surface area (Å²) in [7, 11) is 0. The molecule has 0 aromatic carbocycles. The fraction of sp³-hybridized carbons (Fsp3) is 0.545. The van der Waals surface area contributed by atoms with Gasteiger partial charge in [-0.25, -0.2) is 0 Å². The molecule has 1 N–H and O–H groups in total. The molecule has 0 amide bonds. The summed E-state index contributed by atoms with van der Waals surface area (Å²) in [5.41, 5.74) is 0.872. The van der Waals surface area contributed by atoms with Crippen LogP contribution >= 0.6 is 16.1 Å². The van der Waals surface area contributed by atoms with Crippen LogP contribution in [0.25, 0.3) is 0 Å². The van der Waals surface area contributed by atoms with E-state index < -0.39 is 0 Å². The fourth-order valence-corrected chi connectivity index (χ4v) is 2.87. The first kappa shape index (κ1) is 10.9. The molecule has 3 nitrogen and oxygen atoms in total. The summed E-state index contributed by atoms with van der Waals surface area (Å²) >= 11 is 3.56. The van der Waals surface area contributed by atoms with E-state index >= 15 is 0 Å². The van der Waals surface area contributed by atoms with Gasteiger partial charge in [-0.1, -0.05) is 12.8 Å². The minimum absolute atomic E-state index is 0.136. The largest absolute Gasteiger partial charge is 0.394 e. The molecule has 1 heterocycles. The van der Waals surface area contributed by atoms with Crippen LogP contribution in [-0.2, 0) is 0 Å². The third-order valence-corrected chi connectivity index (χ3v) is 4.28. The van der Waals surface area contributed by atoms with Crippen LogP contribution < -0.4 is 3.93 Å². The van der Waals surface area contributed by atoms with E-state index in [9.17, 15) is 5.11 Å². The third kappa shape index (κ3) is 2.01. The van der Waals surface area contributed by atoms with E-state index in [0.717, 1.165) is 18.5 Å². The molecule has 82 valence electrons. The van der Waals surface area contributed by atoms with E-state index in [1.54, 1.807) is 6.20 Å². The summed E-state index contributed by atoms with van der Waals surface area (Å²) < 4.78 is 2.00. The first-order chi connectivity index (χ1) is 7.28. The lowest BCUT2D eigenvalue weighted by Crippen LogP contribution is -2.44. The zero-order valence-electron chi connectivity index (χ0n) is 8.56. The third-order valence-electron chi connectivity index (χ3n) is 3.12. The molecule has 1 aromatic rings. The van der Waals surface area contributed by atoms with E-state index in [0.29, 0.717) is 0 Å². The number of anilines is 1. The first-order valence-corrected chi connectivity index (χ1v) is 5.96. The number of aliphatic hydroxyl groups is 1. The number of aromatic nitrogens is 1. The number of nitrogens with zero attached hydrogens (tertiary/aromatic N) is 2. The van der Waals surface area contributed by atoms with Gasteiger partial charge in [0.2, 0.25) is 0 Å². The number of aliphatic hydroxyl groups excluding tert-OH is 1. The second kappa shape index (κ2) is 4.49. The quantitative estimate of drug-likeness (QED) is 0.858. The van der Waals surface area contributed by atoms with Gasteiger partial charge in [-0.05, 0) is 25.0 Å². The normalized spacial score (nSPS) is 19.1. The average molecular weight is 271 g/mol. The topological polar surface area (TPSA) is 36.4 Å². The van der Waals surface area contributed by atoms with E-state index in [1.165, 1.54) is 12.8 Å². The van der Waals surface area contributed by atoms with Gasteiger partial charge in [0, 0.05) is 6.20 Å². The zero-order chi connectivity index (χ0) is 10.7. The Labute approximate surface area is 98.5 Å². The molecular formula is C11H15BrN2O. The number of pyridine rings is 1. The smallest absolute Gasteiger partial charge is 0.0746 e. The van der Waals surface area contributed by atoms with Crippen molar-refractivity contribution in [3.05, 3.63) is 24.5 Å². The summed E-state index contributed by atoms with van der Waals surface area (Å²) in [4.78, 5) is 4.09. The monoisotopic (exact) mass is 270 g/mol. The second-order valence-corrected chi connectivity index (χ2v) is 4.79. The predicted molar refractivity (Wildman–Crippen MR) is 63.9 cm³/mol. The minimum Gasteiger partial charge on any atom is -0.394 e. The van der Waals surface area contributed by atoms with E-state index in [1.807, 2.05) is 22.3 Å². The molecule has 1 aliphatic carbocycles. The van der Waals surface area contributed by atoms with Crippen molar-refractivity contribution in [1.29, 1.82) is 0 Å². The van der Waals surface area contributed by atoms with Crippen molar-refractivity contribution in [2.45, 2.75) is 31.2 Å². The predicted octanol–water partition coefficient (Wildman–Crippen LogP) is 2.50. The molecule has 0 saturated heterocycles. The summed E-state index contributed by atoms with van der Waals surface area (Å²) in [5.74, 6) is 0. The van der Waals surface area contributed by atoms with Crippen LogP contribution in [0.1, 0.15) is 25.7 Å². The molecule has 4 heteroatoms. The molecule has 0 unspecified atom stereocenters. The Kier molecular flexibility index (Phi) is 3.26. The Balaban J connectivity index is 2.22. The molecule has 0 spiro atoms. The molecule has 0 bridgehead atoms. The Hall–Kier alpha value is -0.610. The van der Waals surface area contributed by atoms with Crippen molar-refractivity contribution < 1.29 is 5.11 Å². The van der Waals surface area contributed by atoms with Crippen molar-refractivity contribution >= 4 is 21.8 Å². The maximum absolute atomic E-state index is 9.56. The molecule has 0 radical (unpaired) electrons. The molecule has 1 aliphatic rings. The van der Waals surface area contributed by atoms with Crippen LogP contribution in [0.15, 0.2) is 24.5 Å². The standard InChI is InChI=1S/C11H15BrN2O/c12-14(10-4-3-7-13-8-10)11(9-15)5-1-2-6-11/h3-4,7-8,15H,1-2,5-6,9H2. The van der Waals surface area contributed by atoms with Gasteiger partial charge < -0.3 is 5.11 Å². The van der Waals surface area contributed by atoms with Crippen LogP contribution in [-0.4, -0.2) is 22.2 Å². The van der Waals surface area contributed by atoms with Crippen LogP contribution in [0.2, 0.25) is 0 Å². The van der Waals surface area contributed by atoms with Crippen LogP contribution in [0.5, 0.6) is 0 Å². The van der Waals surface area contributed by atoms with Gasteiger partial charge in [0.25, 0.3) is 0 Å². The summed E-state index contributed by atoms with van der Waals surface area (Å²) in [5, 5.41) is 9.56. The molecule has 2 rings (SSSR count). The Morgan fingerprint density at radius 2 is 2.20 bits per heavy atom. The van der Waals surface area contributed by atoms with Crippen molar-refractivity contribution in [3.63, 3.8) is 0 Å². The summed E-state index contributed by atoms with van der Waals surface area (Å²) in [6.07, 6.45) is 7.99. The maximum Gasteiger partial charge on any atom is 0.0746 e. The summed E-state index contributed by atoms with van der Waals surface area (Å²) in [6.45, 7) is 0.188. The van der Waals surface area contributed by atoms with E-state index in [4.69, 9.17) is 0 Å². The SMILES string of the molecule is OCC1(N(Br)c2cccnc2)CCCC1. The van der Waals surface area contributed by atoms with Gasteiger partial charge in [-0.15, -0.1) is 0 Å². The molecule has 1 fully saturated rings. The molecule has 0 atom stereocenters. The van der Waals surface area contributed by atoms with E-state index in [-0.39, 0.29) is 12.1 Å². The van der Waals surface area contributed by atoms with Gasteiger partial charge in [-0.2, -0.15) is 0 Å². The van der Waals surface area contributed by atoms with Crippen molar-refractivity contribution in [2.24, 2.45) is 0 Å². The fourth-order valence-electron chi connectivity index (χ4n) is 2.19. The van der Waals surface area contributed by atoms with Crippen LogP contribution in [0.4, 0.5) is 5.69 Å². The molecule has 15 heavy (non-hydrogen) atoms. The van der Waals surface area contributed by atoms with Gasteiger partial charge >= 0.3 is 0 Å². The van der Waals surface area contributed by atoms with Crippen molar-refractivity contribution in [2.75, 3.05) is 10.5 Å². The van der Waals surface area contributed by atoms with Crippen molar-refractivity contribution in [1.82, 2.24) is 4.98 Å². The second-order valence-electron chi connectivity index (χ2n) is 4.08. The number of hydrogen-bond donors (Lipinski definition) is 1. The van der Waals surface area contributed by atoms with Gasteiger partial charge in [-0.3, -0.25) is 8.91 Å². The molecule has 1 aromatic heterocycles. The molecule has 0 aliphatic heterocycles. The highest BCUT2D eigenvalue weighted by molar-refractivity contribution is 9.10. The highest BCUT2D eigenvalue weighted by Crippen LogP contribution is 2.39. The Morgan fingerprint density at radius 3 is 2.73 bits per heavy atom. The number of rotatable bonds is 3. The van der Waals surface area contributed by atoms with Crippen molar-refractivity contribution in [3.8, 4) is 0 Å². The Morgan fingerprint density at radius 1 is 1.47 bits per heavy atom. The van der Waals surface area contributed by atoms with Gasteiger partial charge in [0.05, 0.1) is 40.2 Å². The minimum atomic E-state index is -0.136. The van der Waals surface area contributed by atoms with Gasteiger partial charge in [0.1, 0.15) is 0 Å².